The average Bonchev–Trinajstić information content (AvgIpc) is 3.03. The minimum absolute atomic E-state index is 0.585. The number of fused-ring (bicyclic) bond motifs is 1. The molecule has 1 heteroatoms. The first-order valence-electron chi connectivity index (χ1n) is 7.48. The van der Waals surface area contributed by atoms with Gasteiger partial charge in [0.2, 0.25) is 0 Å². The van der Waals surface area contributed by atoms with Crippen molar-refractivity contribution >= 4 is 15.9 Å². The summed E-state index contributed by atoms with van der Waals surface area (Å²) in [7, 11) is 0. The lowest BCUT2D eigenvalue weighted by atomic mass is 9.91. The quantitative estimate of drug-likeness (QED) is 0.663. The van der Waals surface area contributed by atoms with Gasteiger partial charge < -0.3 is 0 Å². The molecule has 0 bridgehead atoms. The Morgan fingerprint density at radius 3 is 2.33 bits per heavy atom. The van der Waals surface area contributed by atoms with Crippen LogP contribution in [0.25, 0.3) is 0 Å². The van der Waals surface area contributed by atoms with Crippen LogP contribution >= 0.6 is 15.9 Å². The number of benzene rings is 1. The molecule has 18 heavy (non-hydrogen) atoms. The van der Waals surface area contributed by atoms with Crippen molar-refractivity contribution in [2.75, 3.05) is 0 Å². The van der Waals surface area contributed by atoms with Crippen LogP contribution in [-0.4, -0.2) is 0 Å². The molecule has 0 radical (unpaired) electrons. The van der Waals surface area contributed by atoms with E-state index in [9.17, 15) is 0 Å². The van der Waals surface area contributed by atoms with E-state index in [1.54, 1.807) is 5.56 Å². The summed E-state index contributed by atoms with van der Waals surface area (Å²) in [5.41, 5.74) is 4.58. The van der Waals surface area contributed by atoms with E-state index in [-0.39, 0.29) is 0 Å². The normalized spacial score (nSPS) is 31.2. The van der Waals surface area contributed by atoms with E-state index in [1.165, 1.54) is 30.4 Å². The lowest BCUT2D eigenvalue weighted by Crippen LogP contribution is -2.06. The summed E-state index contributed by atoms with van der Waals surface area (Å²) >= 11 is 3.97. The van der Waals surface area contributed by atoms with Crippen LogP contribution in [0.15, 0.2) is 18.2 Å². The first kappa shape index (κ1) is 12.7. The molecule has 0 nitrogen and oxygen atoms in total. The summed E-state index contributed by atoms with van der Waals surface area (Å²) in [6, 6.07) is 7.14. The molecule has 0 spiro atoms. The first-order valence-corrected chi connectivity index (χ1v) is 8.40. The maximum atomic E-state index is 3.97. The van der Waals surface area contributed by atoms with Crippen LogP contribution < -0.4 is 0 Å². The lowest BCUT2D eigenvalue weighted by Gasteiger charge is -2.21. The lowest BCUT2D eigenvalue weighted by molar-refractivity contribution is 0.481. The van der Waals surface area contributed by atoms with E-state index in [0.717, 1.165) is 30.6 Å². The van der Waals surface area contributed by atoms with Crippen LogP contribution in [0.5, 0.6) is 0 Å². The fourth-order valence-electron chi connectivity index (χ4n) is 3.76. The zero-order valence-electron chi connectivity index (χ0n) is 11.5. The molecule has 0 aromatic heterocycles. The molecule has 0 heterocycles. The number of rotatable bonds is 4. The van der Waals surface area contributed by atoms with Gasteiger partial charge in [-0.15, -0.1) is 0 Å². The predicted molar refractivity (Wildman–Crippen MR) is 81.2 cm³/mol. The Labute approximate surface area is 119 Å². The molecule has 0 aliphatic heterocycles. The Morgan fingerprint density at radius 1 is 1.06 bits per heavy atom. The smallest absolute Gasteiger partial charge is 0.0423 e. The van der Waals surface area contributed by atoms with Crippen molar-refractivity contribution in [2.24, 2.45) is 17.8 Å². The first-order chi connectivity index (χ1) is 8.72. The zero-order valence-corrected chi connectivity index (χ0v) is 13.0. The van der Waals surface area contributed by atoms with Crippen molar-refractivity contribution in [3.8, 4) is 0 Å². The van der Waals surface area contributed by atoms with Gasteiger partial charge in [-0.1, -0.05) is 48.0 Å². The van der Waals surface area contributed by atoms with Gasteiger partial charge in [0.25, 0.3) is 0 Å². The fourth-order valence-corrected chi connectivity index (χ4v) is 4.48. The van der Waals surface area contributed by atoms with Gasteiger partial charge in [-0.25, -0.2) is 0 Å². The van der Waals surface area contributed by atoms with Gasteiger partial charge in [0.05, 0.1) is 0 Å². The Balaban J connectivity index is 1.78. The molecule has 98 valence electrons. The van der Waals surface area contributed by atoms with E-state index in [4.69, 9.17) is 0 Å². The highest BCUT2D eigenvalue weighted by Gasteiger charge is 2.47. The second kappa shape index (κ2) is 5.00. The fraction of sp³-hybridized carbons (Fsp3) is 0.647. The van der Waals surface area contributed by atoms with Gasteiger partial charge in [-0.05, 0) is 66.5 Å². The van der Waals surface area contributed by atoms with E-state index < -0.39 is 0 Å². The maximum absolute atomic E-state index is 3.97. The molecule has 0 saturated heterocycles. The standard InChI is InChI=1S/C17H23Br/c1-3-11-5-6-13(7-12(11)4-2)17(18)16-9-14-8-15(14)10-16/h5-7,14-17H,3-4,8-10H2,1-2H3. The molecule has 2 saturated carbocycles. The third-order valence-electron chi connectivity index (χ3n) is 5.00. The summed E-state index contributed by atoms with van der Waals surface area (Å²) in [6.07, 6.45) is 6.75. The van der Waals surface area contributed by atoms with Crippen LogP contribution in [0.2, 0.25) is 0 Å². The Kier molecular flexibility index (Phi) is 3.53. The Bertz CT molecular complexity index is 427. The van der Waals surface area contributed by atoms with Crippen LogP contribution in [0.3, 0.4) is 0 Å². The highest BCUT2D eigenvalue weighted by molar-refractivity contribution is 9.09. The topological polar surface area (TPSA) is 0 Å². The van der Waals surface area contributed by atoms with Crippen LogP contribution in [0.4, 0.5) is 0 Å². The molecule has 1 aromatic carbocycles. The van der Waals surface area contributed by atoms with Gasteiger partial charge in [0, 0.05) is 4.83 Å². The highest BCUT2D eigenvalue weighted by atomic mass is 79.9. The van der Waals surface area contributed by atoms with Crippen molar-refractivity contribution in [3.63, 3.8) is 0 Å². The summed E-state index contributed by atoms with van der Waals surface area (Å²) in [4.78, 5) is 0.585. The van der Waals surface area contributed by atoms with E-state index in [1.807, 2.05) is 0 Å². The van der Waals surface area contributed by atoms with Gasteiger partial charge in [0.1, 0.15) is 0 Å². The largest absolute Gasteiger partial charge is 0.0836 e. The third-order valence-corrected chi connectivity index (χ3v) is 6.28. The molecule has 2 fully saturated rings. The molecular weight excluding hydrogens is 284 g/mol. The number of halogens is 1. The molecule has 3 unspecified atom stereocenters. The van der Waals surface area contributed by atoms with Gasteiger partial charge in [-0.2, -0.15) is 0 Å². The van der Waals surface area contributed by atoms with Crippen LogP contribution in [0, 0.1) is 17.8 Å². The van der Waals surface area contributed by atoms with E-state index in [0.29, 0.717) is 4.83 Å². The zero-order chi connectivity index (χ0) is 12.7. The predicted octanol–water partition coefficient (Wildman–Crippen LogP) is 5.29. The van der Waals surface area contributed by atoms with Crippen molar-refractivity contribution in [3.05, 3.63) is 34.9 Å². The van der Waals surface area contributed by atoms with Crippen molar-refractivity contribution in [1.82, 2.24) is 0 Å². The van der Waals surface area contributed by atoms with Crippen LogP contribution in [0.1, 0.15) is 54.6 Å². The minimum atomic E-state index is 0.585. The SMILES string of the molecule is CCc1ccc(C(Br)C2CC3CC3C2)cc1CC. The number of aryl methyl sites for hydroxylation is 2. The van der Waals surface area contributed by atoms with E-state index >= 15 is 0 Å². The molecular formula is C17H23Br. The minimum Gasteiger partial charge on any atom is -0.0836 e. The third kappa shape index (κ3) is 2.27. The summed E-state index contributed by atoms with van der Waals surface area (Å²) in [5.74, 6) is 3.04. The van der Waals surface area contributed by atoms with Gasteiger partial charge in [-0.3, -0.25) is 0 Å². The van der Waals surface area contributed by atoms with Crippen LogP contribution in [-0.2, 0) is 12.8 Å². The number of alkyl halides is 1. The summed E-state index contributed by atoms with van der Waals surface area (Å²) in [6.45, 7) is 4.52. The highest BCUT2D eigenvalue weighted by Crippen LogP contribution is 2.58. The Morgan fingerprint density at radius 2 is 1.72 bits per heavy atom. The van der Waals surface area contributed by atoms with E-state index in [2.05, 4.69) is 48.0 Å². The van der Waals surface area contributed by atoms with Crippen molar-refractivity contribution in [1.29, 1.82) is 0 Å². The Hall–Kier alpha value is -0.300. The molecule has 3 atom stereocenters. The second-order valence-corrected chi connectivity index (χ2v) is 7.11. The molecule has 0 amide bonds. The monoisotopic (exact) mass is 306 g/mol. The van der Waals surface area contributed by atoms with Gasteiger partial charge in [0.15, 0.2) is 0 Å². The van der Waals surface area contributed by atoms with Gasteiger partial charge >= 0.3 is 0 Å². The molecule has 2 aliphatic rings. The molecule has 1 aromatic rings. The van der Waals surface area contributed by atoms with Crippen molar-refractivity contribution < 1.29 is 0 Å². The number of hydrogen-bond acceptors (Lipinski definition) is 0. The summed E-state index contributed by atoms with van der Waals surface area (Å²) < 4.78 is 0. The van der Waals surface area contributed by atoms with Crippen molar-refractivity contribution in [2.45, 2.75) is 50.8 Å². The second-order valence-electron chi connectivity index (χ2n) is 6.12. The molecule has 3 rings (SSSR count). The average molecular weight is 307 g/mol. The summed E-state index contributed by atoms with van der Waals surface area (Å²) in [5, 5.41) is 0. The molecule has 2 aliphatic carbocycles. The number of hydrogen-bond donors (Lipinski definition) is 0. The maximum Gasteiger partial charge on any atom is 0.0423 e. The molecule has 0 N–H and O–H groups in total.